The Balaban J connectivity index is 1.60. The van der Waals surface area contributed by atoms with Gasteiger partial charge in [-0.05, 0) is 82.2 Å². The Morgan fingerprint density at radius 3 is 1.89 bits per heavy atom. The lowest BCUT2D eigenvalue weighted by atomic mass is 9.91. The molecule has 2 aromatic rings. The molecule has 302 valence electrons. The Labute approximate surface area is 325 Å². The molecular weight excluding hydrogens is 700 g/mol. The normalized spacial score (nSPS) is 18.3. The van der Waals surface area contributed by atoms with Gasteiger partial charge in [-0.2, -0.15) is 0 Å². The number of epoxide rings is 1. The second-order valence-corrected chi connectivity index (χ2v) is 15.2. The lowest BCUT2D eigenvalue weighted by Crippen LogP contribution is -2.51. The second kappa shape index (κ2) is 22.5. The van der Waals surface area contributed by atoms with Crippen LogP contribution in [0.5, 0.6) is 0 Å². The first-order valence-electron chi connectivity index (χ1n) is 19.9. The van der Waals surface area contributed by atoms with Crippen LogP contribution in [0, 0.1) is 17.8 Å². The van der Waals surface area contributed by atoms with Gasteiger partial charge in [-0.15, -0.1) is 0 Å². The minimum absolute atomic E-state index is 0.0617. The Morgan fingerprint density at radius 2 is 1.35 bits per heavy atom. The topological polar surface area (TPSA) is 211 Å². The van der Waals surface area contributed by atoms with Gasteiger partial charge < -0.3 is 31.9 Å². The zero-order valence-electron chi connectivity index (χ0n) is 33.2. The van der Waals surface area contributed by atoms with Crippen LogP contribution < -0.4 is 22.1 Å². The number of aliphatic hydroxyl groups excluding tert-OH is 1. The molecule has 0 spiro atoms. The van der Waals surface area contributed by atoms with E-state index in [2.05, 4.69) is 41.8 Å². The molecular formula is C43H62N4O8. The molecule has 1 fully saturated rings. The van der Waals surface area contributed by atoms with E-state index in [1.165, 1.54) is 19.4 Å². The van der Waals surface area contributed by atoms with Crippen molar-refractivity contribution >= 4 is 34.9 Å². The molecule has 7 N–H and O–H groups in total. The molecule has 0 aliphatic carbocycles. The molecule has 3 rings (SSSR count). The summed E-state index contributed by atoms with van der Waals surface area (Å²) in [6.45, 7) is 9.04. The summed E-state index contributed by atoms with van der Waals surface area (Å²) in [6.07, 6.45) is 2.52. The molecule has 1 heterocycles. The fourth-order valence-electron chi connectivity index (χ4n) is 6.65. The van der Waals surface area contributed by atoms with E-state index in [4.69, 9.17) is 16.2 Å². The monoisotopic (exact) mass is 762 g/mol. The molecule has 1 aliphatic rings. The second-order valence-electron chi connectivity index (χ2n) is 15.2. The summed E-state index contributed by atoms with van der Waals surface area (Å²) in [5, 5.41) is 15.9. The number of carbonyl (C=O) groups excluding carboxylic acids is 6. The van der Waals surface area contributed by atoms with Crippen LogP contribution >= 0.6 is 0 Å². The number of amides is 2. The quantitative estimate of drug-likeness (QED) is 0.0522. The zero-order chi connectivity index (χ0) is 40.7. The minimum Gasteiger partial charge on any atom is -0.391 e. The van der Waals surface area contributed by atoms with Crippen LogP contribution in [0.4, 0.5) is 0 Å². The van der Waals surface area contributed by atoms with Crippen molar-refractivity contribution in [3.05, 3.63) is 59.7 Å². The number of aryl methyl sites for hydroxylation is 1. The number of benzene rings is 2. The van der Waals surface area contributed by atoms with Gasteiger partial charge in [0.05, 0.1) is 18.2 Å². The third kappa shape index (κ3) is 14.2. The highest BCUT2D eigenvalue weighted by atomic mass is 16.6. The van der Waals surface area contributed by atoms with Crippen molar-refractivity contribution in [1.29, 1.82) is 0 Å². The summed E-state index contributed by atoms with van der Waals surface area (Å²) in [6, 6.07) is 13.4. The summed E-state index contributed by atoms with van der Waals surface area (Å²) in [5.74, 6) is -4.77. The van der Waals surface area contributed by atoms with Gasteiger partial charge in [0.15, 0.2) is 23.1 Å². The molecule has 8 atom stereocenters. The molecule has 2 unspecified atom stereocenters. The highest BCUT2D eigenvalue weighted by Gasteiger charge is 2.43. The van der Waals surface area contributed by atoms with Crippen molar-refractivity contribution in [2.24, 2.45) is 29.2 Å². The molecule has 12 heteroatoms. The van der Waals surface area contributed by atoms with Gasteiger partial charge in [0.1, 0.15) is 12.1 Å². The van der Waals surface area contributed by atoms with Crippen LogP contribution in [-0.4, -0.2) is 83.5 Å². The number of carbonyl (C=O) groups is 6. The van der Waals surface area contributed by atoms with Gasteiger partial charge in [0, 0.05) is 42.6 Å². The number of Topliss-reactive ketones (excluding diaryl/α,β-unsaturated/α-hetero) is 4. The highest BCUT2D eigenvalue weighted by Crippen LogP contribution is 2.27. The summed E-state index contributed by atoms with van der Waals surface area (Å²) in [7, 11) is 0. The number of ketones is 4. The first-order chi connectivity index (χ1) is 26.2. The van der Waals surface area contributed by atoms with E-state index in [1.807, 2.05) is 12.1 Å². The first-order valence-corrected chi connectivity index (χ1v) is 19.9. The number of hydrogen-bond acceptors (Lipinski definition) is 10. The Bertz CT molecular complexity index is 1590. The minimum atomic E-state index is -1.34. The van der Waals surface area contributed by atoms with E-state index < -0.39 is 59.6 Å². The van der Waals surface area contributed by atoms with Crippen molar-refractivity contribution < 1.29 is 38.6 Å². The Kier molecular flexibility index (Phi) is 18.5. The maximum atomic E-state index is 13.5. The van der Waals surface area contributed by atoms with Crippen LogP contribution in [0.25, 0.3) is 11.1 Å². The van der Waals surface area contributed by atoms with Crippen molar-refractivity contribution in [3.8, 4) is 11.1 Å². The molecule has 2 aromatic carbocycles. The van der Waals surface area contributed by atoms with Crippen molar-refractivity contribution in [3.63, 3.8) is 0 Å². The largest absolute Gasteiger partial charge is 0.391 e. The van der Waals surface area contributed by atoms with Crippen LogP contribution in [0.3, 0.4) is 0 Å². The van der Waals surface area contributed by atoms with Gasteiger partial charge >= 0.3 is 0 Å². The maximum absolute atomic E-state index is 13.5. The first kappa shape index (κ1) is 45.3. The summed E-state index contributed by atoms with van der Waals surface area (Å²) >= 11 is 0. The molecule has 1 saturated heterocycles. The third-order valence-electron chi connectivity index (χ3n) is 10.3. The van der Waals surface area contributed by atoms with Crippen molar-refractivity contribution in [2.75, 3.05) is 13.1 Å². The third-order valence-corrected chi connectivity index (χ3v) is 10.3. The highest BCUT2D eigenvalue weighted by molar-refractivity contribution is 6.00. The molecule has 0 bridgehead atoms. The van der Waals surface area contributed by atoms with Crippen LogP contribution in [0.15, 0.2) is 48.5 Å². The number of aliphatic hydroxyl groups is 1. The molecule has 0 radical (unpaired) electrons. The van der Waals surface area contributed by atoms with Crippen LogP contribution in [0.2, 0.25) is 0 Å². The smallest absolute Gasteiger partial charge is 0.224 e. The van der Waals surface area contributed by atoms with Gasteiger partial charge in [-0.1, -0.05) is 75.7 Å². The fraction of sp³-hybridized carbons (Fsp3) is 0.581. The maximum Gasteiger partial charge on any atom is 0.224 e. The van der Waals surface area contributed by atoms with Crippen LogP contribution in [0.1, 0.15) is 108 Å². The van der Waals surface area contributed by atoms with E-state index in [1.54, 1.807) is 26.0 Å². The van der Waals surface area contributed by atoms with Crippen LogP contribution in [-0.2, 0) is 35.1 Å². The van der Waals surface area contributed by atoms with Gasteiger partial charge in [0.25, 0.3) is 0 Å². The summed E-state index contributed by atoms with van der Waals surface area (Å²) < 4.78 is 5.26. The van der Waals surface area contributed by atoms with Gasteiger partial charge in [-0.3, -0.25) is 28.8 Å². The molecule has 0 saturated carbocycles. The average Bonchev–Trinajstić information content (AvgIpc) is 3.90. The molecule has 2 amide bonds. The number of hydrogen-bond donors (Lipinski definition) is 5. The molecule has 1 aliphatic heterocycles. The lowest BCUT2D eigenvalue weighted by molar-refractivity contribution is -0.135. The zero-order valence-corrected chi connectivity index (χ0v) is 33.2. The van der Waals surface area contributed by atoms with E-state index in [-0.39, 0.29) is 55.7 Å². The molecule has 55 heavy (non-hydrogen) atoms. The van der Waals surface area contributed by atoms with Gasteiger partial charge in [0.2, 0.25) is 11.8 Å². The predicted octanol–water partition coefficient (Wildman–Crippen LogP) is 4.26. The van der Waals surface area contributed by atoms with E-state index in [9.17, 15) is 33.9 Å². The summed E-state index contributed by atoms with van der Waals surface area (Å²) in [4.78, 5) is 79.4. The lowest BCUT2D eigenvalue weighted by Gasteiger charge is -2.25. The Morgan fingerprint density at radius 1 is 0.745 bits per heavy atom. The molecule has 12 nitrogen and oxygen atoms in total. The number of unbranched alkanes of at least 4 members (excludes halogenated alkanes) is 2. The van der Waals surface area contributed by atoms with Crippen molar-refractivity contribution in [2.45, 2.75) is 129 Å². The van der Waals surface area contributed by atoms with Gasteiger partial charge in [-0.25, -0.2) is 0 Å². The number of nitrogens with two attached hydrogens (primary N) is 2. The number of ether oxygens (including phenoxy) is 1. The Hall–Kier alpha value is -4.10. The number of rotatable bonds is 26. The average molecular weight is 763 g/mol. The van der Waals surface area contributed by atoms with E-state index in [0.717, 1.165) is 30.4 Å². The van der Waals surface area contributed by atoms with E-state index >= 15 is 0 Å². The standard InChI is InChI=1S/C43H62N4O8/c1-6-7-10-30-12-14-31(15-13-30)32-16-18-33(19-17-32)36(49)25-34(20-22-45)43(54)47-39(28(4)48)38(51)24-27(3)42(53)46-35(11-8-9-21-44)37(50)23-26(2)40(52)41-29(5)55-41/h12-19,26-29,34-35,39,41,48H,6-11,20-25,44-45H2,1-5H3,(H,46,53)(H,47,54)/t26-,27-,28-,29?,34-,35+,39+,41?/m1/s1. The molecule has 0 aromatic heterocycles. The van der Waals surface area contributed by atoms with E-state index in [0.29, 0.717) is 31.4 Å². The SMILES string of the molecule is CCCCc1ccc(-c2ccc(C(=O)C[C@@H](CCN)C(=O)N[C@H](C(=O)C[C@@H](C)C(=O)N[C@@H](CCCCN)C(=O)C[C@@H](C)C(=O)C3OC3C)[C@@H](C)O)cc2)cc1. The number of nitrogens with one attached hydrogen (secondary N) is 2. The summed E-state index contributed by atoms with van der Waals surface area (Å²) in [5.41, 5.74) is 15.2. The predicted molar refractivity (Wildman–Crippen MR) is 212 cm³/mol. The fourth-order valence-corrected chi connectivity index (χ4v) is 6.65. The van der Waals surface area contributed by atoms with Crippen molar-refractivity contribution in [1.82, 2.24) is 10.6 Å².